The fourth-order valence-corrected chi connectivity index (χ4v) is 4.10. The number of carbonyl (C=O) groups excluding carboxylic acids is 1. The maximum Gasteiger partial charge on any atom is 0.342 e. The Morgan fingerprint density at radius 1 is 0.929 bits per heavy atom. The number of hydrogen-bond donors (Lipinski definition) is 0. The van der Waals surface area contributed by atoms with Crippen LogP contribution in [0.1, 0.15) is 28.8 Å². The minimum Gasteiger partial charge on any atom is -0.450 e. The largest absolute Gasteiger partial charge is 0.450 e. The molecule has 5 rings (SSSR count). The van der Waals surface area contributed by atoms with Gasteiger partial charge in [-0.1, -0.05) is 42.5 Å². The van der Waals surface area contributed by atoms with Crippen molar-refractivity contribution in [1.82, 2.24) is 9.97 Å². The molecule has 1 fully saturated rings. The zero-order valence-electron chi connectivity index (χ0n) is 15.1. The van der Waals surface area contributed by atoms with Crippen LogP contribution in [0, 0.1) is 5.82 Å². The van der Waals surface area contributed by atoms with E-state index < -0.39 is 17.4 Å². The van der Waals surface area contributed by atoms with Crippen LogP contribution in [-0.4, -0.2) is 29.0 Å². The number of rotatable bonds is 2. The van der Waals surface area contributed by atoms with Gasteiger partial charge in [0.15, 0.2) is 0 Å². The first-order valence-electron chi connectivity index (χ1n) is 9.31. The van der Waals surface area contributed by atoms with Crippen molar-refractivity contribution >= 4 is 11.9 Å². The molecule has 3 aromatic rings. The highest BCUT2D eigenvalue weighted by atomic mass is 19.1. The van der Waals surface area contributed by atoms with Crippen molar-refractivity contribution in [2.45, 2.75) is 18.4 Å². The summed E-state index contributed by atoms with van der Waals surface area (Å²) in [5.74, 6) is -0.426. The lowest BCUT2D eigenvalue weighted by Crippen LogP contribution is -2.43. The summed E-state index contributed by atoms with van der Waals surface area (Å²) in [6.45, 7) is 1.27. The van der Waals surface area contributed by atoms with Gasteiger partial charge in [0.2, 0.25) is 5.95 Å². The highest BCUT2D eigenvalue weighted by Crippen LogP contribution is 2.45. The molecule has 0 unspecified atom stereocenters. The standard InChI is InChI=1S/C22H18FN3O2/c23-18-8-4-7-17-19(18)20(27)28-22(17)9-11-26(12-10-22)21-24-13-16(14-25-21)15-5-2-1-3-6-15/h1-8,13-14H,9-12H2. The minimum absolute atomic E-state index is 0.0828. The molecule has 2 aliphatic rings. The molecule has 0 bridgehead atoms. The van der Waals surface area contributed by atoms with Gasteiger partial charge in [-0.2, -0.15) is 0 Å². The first-order chi connectivity index (χ1) is 13.7. The molecule has 0 amide bonds. The molecule has 6 heteroatoms. The predicted octanol–water partition coefficient (Wildman–Crippen LogP) is 3.95. The number of aromatic nitrogens is 2. The molecule has 5 nitrogen and oxygen atoms in total. The van der Waals surface area contributed by atoms with Crippen molar-refractivity contribution in [3.63, 3.8) is 0 Å². The zero-order chi connectivity index (χ0) is 19.1. The van der Waals surface area contributed by atoms with Gasteiger partial charge in [0.05, 0.1) is 0 Å². The average molecular weight is 375 g/mol. The van der Waals surface area contributed by atoms with E-state index in [2.05, 4.69) is 14.9 Å². The number of piperidine rings is 1. The Morgan fingerprint density at radius 3 is 2.36 bits per heavy atom. The van der Waals surface area contributed by atoms with Gasteiger partial charge in [-0.05, 0) is 11.6 Å². The Balaban J connectivity index is 1.35. The van der Waals surface area contributed by atoms with Gasteiger partial charge in [0.25, 0.3) is 0 Å². The molecular weight excluding hydrogens is 357 g/mol. The van der Waals surface area contributed by atoms with Gasteiger partial charge in [0, 0.05) is 49.5 Å². The molecule has 0 atom stereocenters. The van der Waals surface area contributed by atoms with Crippen molar-refractivity contribution in [3.8, 4) is 11.1 Å². The lowest BCUT2D eigenvalue weighted by Gasteiger charge is -2.38. The minimum atomic E-state index is -0.741. The second-order valence-corrected chi connectivity index (χ2v) is 7.17. The number of halogens is 1. The maximum absolute atomic E-state index is 14.1. The zero-order valence-corrected chi connectivity index (χ0v) is 15.1. The van der Waals surface area contributed by atoms with Crippen LogP contribution >= 0.6 is 0 Å². The first kappa shape index (κ1) is 16.9. The van der Waals surface area contributed by atoms with Crippen LogP contribution in [0.2, 0.25) is 0 Å². The molecule has 1 aromatic heterocycles. The van der Waals surface area contributed by atoms with Gasteiger partial charge in [-0.15, -0.1) is 0 Å². The average Bonchev–Trinajstić information content (AvgIpc) is 3.02. The number of carbonyl (C=O) groups is 1. The SMILES string of the molecule is O=C1OC2(CCN(c3ncc(-c4ccccc4)cn3)CC2)c2cccc(F)c21. The van der Waals surface area contributed by atoms with Gasteiger partial charge in [-0.25, -0.2) is 19.2 Å². The van der Waals surface area contributed by atoms with E-state index in [1.54, 1.807) is 12.1 Å². The summed E-state index contributed by atoms with van der Waals surface area (Å²) in [6, 6.07) is 14.7. The van der Waals surface area contributed by atoms with E-state index in [1.165, 1.54) is 6.07 Å². The van der Waals surface area contributed by atoms with E-state index in [4.69, 9.17) is 4.74 Å². The molecule has 3 heterocycles. The summed E-state index contributed by atoms with van der Waals surface area (Å²) in [5, 5.41) is 0. The molecule has 2 aromatic carbocycles. The third-order valence-electron chi connectivity index (χ3n) is 5.60. The van der Waals surface area contributed by atoms with Crippen LogP contribution in [0.4, 0.5) is 10.3 Å². The van der Waals surface area contributed by atoms with Crippen LogP contribution in [0.25, 0.3) is 11.1 Å². The molecule has 0 radical (unpaired) electrons. The van der Waals surface area contributed by atoms with Crippen molar-refractivity contribution in [3.05, 3.63) is 77.9 Å². The molecule has 1 spiro atoms. The van der Waals surface area contributed by atoms with Crippen LogP contribution < -0.4 is 4.90 Å². The highest BCUT2D eigenvalue weighted by molar-refractivity contribution is 5.95. The number of fused-ring (bicyclic) bond motifs is 2. The lowest BCUT2D eigenvalue weighted by molar-refractivity contribution is -0.0212. The normalized spacial score (nSPS) is 17.5. The number of anilines is 1. The first-order valence-corrected chi connectivity index (χ1v) is 9.31. The summed E-state index contributed by atoms with van der Waals surface area (Å²) in [7, 11) is 0. The Bertz CT molecular complexity index is 1030. The van der Waals surface area contributed by atoms with Gasteiger partial charge >= 0.3 is 5.97 Å². The van der Waals surface area contributed by atoms with Crippen molar-refractivity contribution < 1.29 is 13.9 Å². The summed E-state index contributed by atoms with van der Waals surface area (Å²) in [4.78, 5) is 23.3. The summed E-state index contributed by atoms with van der Waals surface area (Å²) in [6.07, 6.45) is 4.81. The lowest BCUT2D eigenvalue weighted by atomic mass is 9.84. The van der Waals surface area contributed by atoms with Gasteiger partial charge < -0.3 is 9.64 Å². The fourth-order valence-electron chi connectivity index (χ4n) is 4.10. The number of benzene rings is 2. The topological polar surface area (TPSA) is 55.3 Å². The van der Waals surface area contributed by atoms with E-state index in [1.807, 2.05) is 42.7 Å². The molecule has 28 heavy (non-hydrogen) atoms. The third kappa shape index (κ3) is 2.64. The number of hydrogen-bond acceptors (Lipinski definition) is 5. The van der Waals surface area contributed by atoms with Crippen LogP contribution in [-0.2, 0) is 10.3 Å². The quantitative estimate of drug-likeness (QED) is 0.635. The number of esters is 1. The second-order valence-electron chi connectivity index (χ2n) is 7.17. The third-order valence-corrected chi connectivity index (χ3v) is 5.60. The Kier molecular flexibility index (Phi) is 3.86. The Morgan fingerprint density at radius 2 is 1.64 bits per heavy atom. The molecule has 0 saturated carbocycles. The van der Waals surface area contributed by atoms with E-state index in [0.717, 1.165) is 11.1 Å². The van der Waals surface area contributed by atoms with Crippen molar-refractivity contribution in [1.29, 1.82) is 0 Å². The molecule has 1 saturated heterocycles. The number of nitrogens with zero attached hydrogens (tertiary/aromatic N) is 3. The Labute approximate surface area is 161 Å². The summed E-state index contributed by atoms with van der Waals surface area (Å²) >= 11 is 0. The fraction of sp³-hybridized carbons (Fsp3) is 0.227. The Hall–Kier alpha value is -3.28. The van der Waals surface area contributed by atoms with Gasteiger partial charge in [0.1, 0.15) is 17.0 Å². The molecular formula is C22H18FN3O2. The molecule has 2 aliphatic heterocycles. The molecule has 140 valence electrons. The van der Waals surface area contributed by atoms with E-state index in [9.17, 15) is 9.18 Å². The van der Waals surface area contributed by atoms with Crippen molar-refractivity contribution in [2.75, 3.05) is 18.0 Å². The van der Waals surface area contributed by atoms with Crippen LogP contribution in [0.3, 0.4) is 0 Å². The van der Waals surface area contributed by atoms with E-state index in [-0.39, 0.29) is 5.56 Å². The van der Waals surface area contributed by atoms with Gasteiger partial charge in [-0.3, -0.25) is 0 Å². The monoisotopic (exact) mass is 375 g/mol. The van der Waals surface area contributed by atoms with E-state index in [0.29, 0.717) is 37.4 Å². The highest BCUT2D eigenvalue weighted by Gasteiger charge is 2.48. The molecule has 0 aliphatic carbocycles. The van der Waals surface area contributed by atoms with Crippen LogP contribution in [0.5, 0.6) is 0 Å². The second kappa shape index (κ2) is 6.41. The summed E-state index contributed by atoms with van der Waals surface area (Å²) < 4.78 is 19.7. The predicted molar refractivity (Wildman–Crippen MR) is 102 cm³/mol. The van der Waals surface area contributed by atoms with Crippen LogP contribution in [0.15, 0.2) is 60.9 Å². The molecule has 0 N–H and O–H groups in total. The number of ether oxygens (including phenoxy) is 1. The van der Waals surface area contributed by atoms with E-state index >= 15 is 0 Å². The maximum atomic E-state index is 14.1. The van der Waals surface area contributed by atoms with Crippen molar-refractivity contribution in [2.24, 2.45) is 0 Å². The smallest absolute Gasteiger partial charge is 0.342 e. The summed E-state index contributed by atoms with van der Waals surface area (Å²) in [5.41, 5.74) is 2.04.